The normalized spacial score (nSPS) is 14.2. The highest BCUT2D eigenvalue weighted by Gasteiger charge is 2.34. The average Bonchev–Trinajstić information content (AvgIpc) is 2.43. The van der Waals surface area contributed by atoms with Crippen molar-refractivity contribution in [3.8, 4) is 0 Å². The lowest BCUT2D eigenvalue weighted by Gasteiger charge is -2.30. The van der Waals surface area contributed by atoms with E-state index in [4.69, 9.17) is 18.9 Å². The monoisotopic (exact) mass is 305 g/mol. The number of hydrogen-bond acceptors (Lipinski definition) is 6. The molecule has 0 aromatic rings. The molecule has 0 aliphatic carbocycles. The van der Waals surface area contributed by atoms with E-state index < -0.39 is 5.54 Å². The van der Waals surface area contributed by atoms with Crippen LogP contribution in [0.4, 0.5) is 0 Å². The molecule has 21 heavy (non-hydrogen) atoms. The van der Waals surface area contributed by atoms with Gasteiger partial charge in [0.1, 0.15) is 5.54 Å². The van der Waals surface area contributed by atoms with E-state index in [1.54, 1.807) is 7.11 Å². The predicted molar refractivity (Wildman–Crippen MR) is 81.4 cm³/mol. The molecular formula is C15H31NO5. The first-order valence-corrected chi connectivity index (χ1v) is 7.47. The van der Waals surface area contributed by atoms with Crippen molar-refractivity contribution in [2.75, 3.05) is 47.3 Å². The summed E-state index contributed by atoms with van der Waals surface area (Å²) in [5, 5.41) is 3.24. The van der Waals surface area contributed by atoms with Crippen molar-refractivity contribution in [3.63, 3.8) is 0 Å². The van der Waals surface area contributed by atoms with Crippen LogP contribution < -0.4 is 5.32 Å². The molecule has 0 aromatic heterocycles. The second-order valence-corrected chi connectivity index (χ2v) is 5.44. The van der Waals surface area contributed by atoms with Gasteiger partial charge >= 0.3 is 5.97 Å². The number of carbonyl (C=O) groups excluding carboxylic acids is 1. The molecule has 1 unspecified atom stereocenters. The Balaban J connectivity index is 3.81. The van der Waals surface area contributed by atoms with Crippen LogP contribution in [-0.4, -0.2) is 64.8 Å². The highest BCUT2D eigenvalue weighted by Crippen LogP contribution is 2.13. The zero-order chi connectivity index (χ0) is 16.1. The molecule has 0 fully saturated rings. The summed E-state index contributed by atoms with van der Waals surface area (Å²) in [7, 11) is 3.05. The SMILES string of the molecule is COCCOCCCOCCC(C)(NC(C)C)C(=O)OC. The van der Waals surface area contributed by atoms with E-state index in [2.05, 4.69) is 5.32 Å². The first kappa shape index (κ1) is 20.3. The van der Waals surface area contributed by atoms with Gasteiger partial charge in [0.2, 0.25) is 0 Å². The molecule has 0 radical (unpaired) electrons. The molecule has 1 atom stereocenters. The van der Waals surface area contributed by atoms with Crippen molar-refractivity contribution >= 4 is 5.97 Å². The van der Waals surface area contributed by atoms with Crippen LogP contribution in [0.25, 0.3) is 0 Å². The fourth-order valence-corrected chi connectivity index (χ4v) is 1.98. The Morgan fingerprint density at radius 2 is 1.67 bits per heavy atom. The maximum absolute atomic E-state index is 11.9. The number of nitrogens with one attached hydrogen (secondary N) is 1. The fraction of sp³-hybridized carbons (Fsp3) is 0.933. The number of ether oxygens (including phenoxy) is 4. The van der Waals surface area contributed by atoms with Gasteiger partial charge in [-0.15, -0.1) is 0 Å². The first-order chi connectivity index (χ1) is 9.96. The maximum atomic E-state index is 11.9. The van der Waals surface area contributed by atoms with Crippen molar-refractivity contribution in [2.45, 2.75) is 45.2 Å². The summed E-state index contributed by atoms with van der Waals surface area (Å²) in [5.41, 5.74) is -0.710. The van der Waals surface area contributed by atoms with Crippen molar-refractivity contribution in [1.82, 2.24) is 5.32 Å². The van der Waals surface area contributed by atoms with Crippen LogP contribution in [-0.2, 0) is 23.7 Å². The molecule has 6 heteroatoms. The smallest absolute Gasteiger partial charge is 0.325 e. The van der Waals surface area contributed by atoms with Gasteiger partial charge in [0.15, 0.2) is 0 Å². The highest BCUT2D eigenvalue weighted by atomic mass is 16.5. The van der Waals surface area contributed by atoms with Gasteiger partial charge in [-0.3, -0.25) is 10.1 Å². The lowest BCUT2D eigenvalue weighted by molar-refractivity contribution is -0.149. The fourth-order valence-electron chi connectivity index (χ4n) is 1.98. The molecule has 0 heterocycles. The Labute approximate surface area is 128 Å². The summed E-state index contributed by atoms with van der Waals surface area (Å²) >= 11 is 0. The molecule has 0 spiro atoms. The molecule has 0 amide bonds. The summed E-state index contributed by atoms with van der Waals surface area (Å²) in [6, 6.07) is 0.197. The van der Waals surface area contributed by atoms with Crippen LogP contribution in [0.15, 0.2) is 0 Å². The van der Waals surface area contributed by atoms with Crippen molar-refractivity contribution in [2.24, 2.45) is 0 Å². The molecule has 0 saturated heterocycles. The highest BCUT2D eigenvalue weighted by molar-refractivity contribution is 5.80. The van der Waals surface area contributed by atoms with Gasteiger partial charge in [0.25, 0.3) is 0 Å². The molecular weight excluding hydrogens is 274 g/mol. The van der Waals surface area contributed by atoms with E-state index in [9.17, 15) is 4.79 Å². The lowest BCUT2D eigenvalue weighted by atomic mass is 9.97. The van der Waals surface area contributed by atoms with Crippen LogP contribution in [0.5, 0.6) is 0 Å². The van der Waals surface area contributed by atoms with Crippen LogP contribution in [0.1, 0.15) is 33.6 Å². The topological polar surface area (TPSA) is 66.0 Å². The average molecular weight is 305 g/mol. The van der Waals surface area contributed by atoms with Gasteiger partial charge < -0.3 is 18.9 Å². The Bertz CT molecular complexity index is 273. The number of esters is 1. The summed E-state index contributed by atoms with van der Waals surface area (Å²) in [6.45, 7) is 8.83. The largest absolute Gasteiger partial charge is 0.468 e. The zero-order valence-electron chi connectivity index (χ0n) is 14.1. The van der Waals surface area contributed by atoms with Crippen LogP contribution in [0.3, 0.4) is 0 Å². The second-order valence-electron chi connectivity index (χ2n) is 5.44. The van der Waals surface area contributed by atoms with Gasteiger partial charge in [-0.1, -0.05) is 0 Å². The third-order valence-corrected chi connectivity index (χ3v) is 3.00. The molecule has 0 bridgehead atoms. The molecule has 0 saturated carbocycles. The Kier molecular flexibility index (Phi) is 11.5. The van der Waals surface area contributed by atoms with Crippen molar-refractivity contribution in [1.29, 1.82) is 0 Å². The van der Waals surface area contributed by atoms with Crippen LogP contribution in [0, 0.1) is 0 Å². The third kappa shape index (κ3) is 9.79. The number of carbonyl (C=O) groups is 1. The van der Waals surface area contributed by atoms with Gasteiger partial charge in [0.05, 0.1) is 20.3 Å². The minimum absolute atomic E-state index is 0.197. The molecule has 0 aromatic carbocycles. The van der Waals surface area contributed by atoms with Crippen LogP contribution >= 0.6 is 0 Å². The number of hydrogen-bond donors (Lipinski definition) is 1. The van der Waals surface area contributed by atoms with Crippen molar-refractivity contribution < 1.29 is 23.7 Å². The maximum Gasteiger partial charge on any atom is 0.325 e. The number of methoxy groups -OCH3 is 2. The van der Waals surface area contributed by atoms with E-state index in [-0.39, 0.29) is 12.0 Å². The summed E-state index contributed by atoms with van der Waals surface area (Å²) < 4.78 is 20.6. The van der Waals surface area contributed by atoms with E-state index in [1.165, 1.54) is 7.11 Å². The number of rotatable bonds is 13. The van der Waals surface area contributed by atoms with Gasteiger partial charge in [-0.2, -0.15) is 0 Å². The summed E-state index contributed by atoms with van der Waals surface area (Å²) in [6.07, 6.45) is 1.40. The van der Waals surface area contributed by atoms with Crippen molar-refractivity contribution in [3.05, 3.63) is 0 Å². The lowest BCUT2D eigenvalue weighted by Crippen LogP contribution is -2.53. The van der Waals surface area contributed by atoms with E-state index in [0.717, 1.165) is 6.42 Å². The quantitative estimate of drug-likeness (QED) is 0.409. The minimum atomic E-state index is -0.710. The molecule has 0 aliphatic rings. The zero-order valence-corrected chi connectivity index (χ0v) is 14.1. The molecule has 1 N–H and O–H groups in total. The standard InChI is InChI=1S/C15H31NO5/c1-13(2)16-15(3,14(17)19-5)7-10-20-8-6-9-21-12-11-18-4/h13,16H,6-12H2,1-5H3. The second kappa shape index (κ2) is 11.9. The third-order valence-electron chi connectivity index (χ3n) is 3.00. The molecule has 0 rings (SSSR count). The first-order valence-electron chi connectivity index (χ1n) is 7.47. The summed E-state index contributed by atoms with van der Waals surface area (Å²) in [5.74, 6) is -0.261. The molecule has 0 aliphatic heterocycles. The van der Waals surface area contributed by atoms with E-state index in [1.807, 2.05) is 20.8 Å². The molecule has 126 valence electrons. The Morgan fingerprint density at radius 3 is 2.19 bits per heavy atom. The van der Waals surface area contributed by atoms with Gasteiger partial charge in [-0.25, -0.2) is 0 Å². The van der Waals surface area contributed by atoms with E-state index in [0.29, 0.717) is 39.5 Å². The van der Waals surface area contributed by atoms with E-state index >= 15 is 0 Å². The van der Waals surface area contributed by atoms with Crippen LogP contribution in [0.2, 0.25) is 0 Å². The summed E-state index contributed by atoms with van der Waals surface area (Å²) in [4.78, 5) is 11.9. The van der Waals surface area contributed by atoms with Gasteiger partial charge in [0, 0.05) is 33.0 Å². The Hall–Kier alpha value is -0.690. The Morgan fingerprint density at radius 1 is 1.05 bits per heavy atom. The predicted octanol–water partition coefficient (Wildman–Crippen LogP) is 1.38. The van der Waals surface area contributed by atoms with Gasteiger partial charge in [-0.05, 0) is 33.6 Å². The minimum Gasteiger partial charge on any atom is -0.468 e. The molecule has 6 nitrogen and oxygen atoms in total.